The predicted molar refractivity (Wildman–Crippen MR) is 149 cm³/mol. The Labute approximate surface area is 219 Å². The predicted octanol–water partition coefficient (Wildman–Crippen LogP) is 9.33. The van der Waals surface area contributed by atoms with Crippen molar-refractivity contribution in [1.29, 1.82) is 0 Å². The highest BCUT2D eigenvalue weighted by Crippen LogP contribution is 2.22. The molecular formula is C32H48O4. The molecule has 36 heavy (non-hydrogen) atoms. The SMILES string of the molecule is CCCCCCCCOc1ccc(C(=O)Oc2ccc(C(C)OCCCCC[C@@H](C)CC)cc2)cc1. The molecule has 0 saturated carbocycles. The Bertz CT molecular complexity index is 828. The summed E-state index contributed by atoms with van der Waals surface area (Å²) >= 11 is 0. The molecule has 0 radical (unpaired) electrons. The Kier molecular flexibility index (Phi) is 14.9. The van der Waals surface area contributed by atoms with E-state index >= 15 is 0 Å². The number of ether oxygens (including phenoxy) is 3. The molecule has 4 heteroatoms. The van der Waals surface area contributed by atoms with Gasteiger partial charge in [0.25, 0.3) is 0 Å². The summed E-state index contributed by atoms with van der Waals surface area (Å²) in [6, 6.07) is 14.8. The lowest BCUT2D eigenvalue weighted by Gasteiger charge is -2.14. The van der Waals surface area contributed by atoms with Gasteiger partial charge in [-0.05, 0) is 67.6 Å². The van der Waals surface area contributed by atoms with Crippen molar-refractivity contribution >= 4 is 5.97 Å². The molecule has 0 spiro atoms. The molecule has 0 saturated heterocycles. The number of esters is 1. The fourth-order valence-corrected chi connectivity index (χ4v) is 4.06. The van der Waals surface area contributed by atoms with Gasteiger partial charge < -0.3 is 14.2 Å². The van der Waals surface area contributed by atoms with Gasteiger partial charge in [0.15, 0.2) is 0 Å². The van der Waals surface area contributed by atoms with Crippen molar-refractivity contribution < 1.29 is 19.0 Å². The van der Waals surface area contributed by atoms with Crippen LogP contribution in [-0.2, 0) is 4.74 Å². The van der Waals surface area contributed by atoms with E-state index in [2.05, 4.69) is 27.7 Å². The van der Waals surface area contributed by atoms with Crippen LogP contribution in [0, 0.1) is 5.92 Å². The normalized spacial score (nSPS) is 12.8. The van der Waals surface area contributed by atoms with Crippen LogP contribution >= 0.6 is 0 Å². The molecule has 200 valence electrons. The van der Waals surface area contributed by atoms with Crippen molar-refractivity contribution in [3.8, 4) is 11.5 Å². The topological polar surface area (TPSA) is 44.8 Å². The Morgan fingerprint density at radius 1 is 0.722 bits per heavy atom. The van der Waals surface area contributed by atoms with Gasteiger partial charge in [0.05, 0.1) is 18.3 Å². The fraction of sp³-hybridized carbons (Fsp3) is 0.594. The van der Waals surface area contributed by atoms with E-state index in [-0.39, 0.29) is 12.1 Å². The van der Waals surface area contributed by atoms with Crippen LogP contribution in [0.4, 0.5) is 0 Å². The van der Waals surface area contributed by atoms with Crippen molar-refractivity contribution in [2.24, 2.45) is 5.92 Å². The summed E-state index contributed by atoms with van der Waals surface area (Å²) in [5.74, 6) is 1.77. The minimum atomic E-state index is -0.369. The van der Waals surface area contributed by atoms with E-state index in [1.807, 2.05) is 36.4 Å². The fourth-order valence-electron chi connectivity index (χ4n) is 4.06. The molecule has 0 bridgehead atoms. The molecule has 2 atom stereocenters. The Hall–Kier alpha value is -2.33. The summed E-state index contributed by atoms with van der Waals surface area (Å²) in [4.78, 5) is 12.5. The van der Waals surface area contributed by atoms with Crippen molar-refractivity contribution in [3.05, 3.63) is 59.7 Å². The first-order valence-corrected chi connectivity index (χ1v) is 14.2. The quantitative estimate of drug-likeness (QED) is 0.110. The van der Waals surface area contributed by atoms with Crippen LogP contribution in [-0.4, -0.2) is 19.2 Å². The van der Waals surface area contributed by atoms with Crippen LogP contribution in [0.1, 0.15) is 120 Å². The van der Waals surface area contributed by atoms with E-state index in [0.29, 0.717) is 17.9 Å². The zero-order chi connectivity index (χ0) is 26.0. The van der Waals surface area contributed by atoms with E-state index in [1.165, 1.54) is 57.8 Å². The number of benzene rings is 2. The number of unbranched alkanes of at least 4 members (excludes halogenated alkanes) is 7. The second-order valence-electron chi connectivity index (χ2n) is 9.97. The van der Waals surface area contributed by atoms with E-state index in [0.717, 1.165) is 36.7 Å². The molecule has 0 aliphatic rings. The molecule has 1 unspecified atom stereocenters. The van der Waals surface area contributed by atoms with E-state index in [4.69, 9.17) is 14.2 Å². The highest BCUT2D eigenvalue weighted by molar-refractivity contribution is 5.91. The van der Waals surface area contributed by atoms with E-state index in [1.54, 1.807) is 12.1 Å². The number of carbonyl (C=O) groups is 1. The molecule has 2 aromatic carbocycles. The zero-order valence-electron chi connectivity index (χ0n) is 23.1. The minimum Gasteiger partial charge on any atom is -0.494 e. The molecule has 2 aromatic rings. The molecule has 0 amide bonds. The Morgan fingerprint density at radius 3 is 2.03 bits per heavy atom. The maximum atomic E-state index is 12.5. The smallest absolute Gasteiger partial charge is 0.343 e. The lowest BCUT2D eigenvalue weighted by Crippen LogP contribution is -2.09. The third kappa shape index (κ3) is 12.1. The summed E-state index contributed by atoms with van der Waals surface area (Å²) in [6.45, 7) is 10.4. The molecule has 0 aliphatic carbocycles. The van der Waals surface area contributed by atoms with Gasteiger partial charge in [0.2, 0.25) is 0 Å². The van der Waals surface area contributed by atoms with Crippen LogP contribution < -0.4 is 9.47 Å². The standard InChI is InChI=1S/C32H48O4/c1-5-7-8-9-10-13-25-35-30-20-18-29(19-21-30)32(33)36-31-22-16-28(17-23-31)27(4)34-24-14-11-12-15-26(3)6-2/h16-23,26-27H,5-15,24-25H2,1-4H3/t26-,27?/m0/s1. The van der Waals surface area contributed by atoms with Crippen molar-refractivity contribution in [3.63, 3.8) is 0 Å². The Morgan fingerprint density at radius 2 is 1.33 bits per heavy atom. The van der Waals surface area contributed by atoms with Crippen LogP contribution in [0.15, 0.2) is 48.5 Å². The highest BCUT2D eigenvalue weighted by Gasteiger charge is 2.11. The molecule has 0 heterocycles. The van der Waals surface area contributed by atoms with Gasteiger partial charge in [-0.25, -0.2) is 4.79 Å². The van der Waals surface area contributed by atoms with Gasteiger partial charge >= 0.3 is 5.97 Å². The lowest BCUT2D eigenvalue weighted by atomic mass is 10.0. The summed E-state index contributed by atoms with van der Waals surface area (Å²) < 4.78 is 17.4. The molecule has 0 aromatic heterocycles. The van der Waals surface area contributed by atoms with E-state index < -0.39 is 0 Å². The summed E-state index contributed by atoms with van der Waals surface area (Å²) in [5, 5.41) is 0. The third-order valence-corrected chi connectivity index (χ3v) is 6.82. The average molecular weight is 497 g/mol. The second kappa shape index (κ2) is 18.0. The van der Waals surface area contributed by atoms with Crippen LogP contribution in [0.5, 0.6) is 11.5 Å². The molecular weight excluding hydrogens is 448 g/mol. The van der Waals surface area contributed by atoms with Gasteiger partial charge in [0, 0.05) is 6.61 Å². The van der Waals surface area contributed by atoms with Gasteiger partial charge in [-0.15, -0.1) is 0 Å². The lowest BCUT2D eigenvalue weighted by molar-refractivity contribution is 0.0625. The average Bonchev–Trinajstić information content (AvgIpc) is 2.90. The highest BCUT2D eigenvalue weighted by atomic mass is 16.5. The van der Waals surface area contributed by atoms with Crippen LogP contribution in [0.3, 0.4) is 0 Å². The maximum Gasteiger partial charge on any atom is 0.343 e. The monoisotopic (exact) mass is 496 g/mol. The summed E-state index contributed by atoms with van der Waals surface area (Å²) in [5.41, 5.74) is 1.59. The van der Waals surface area contributed by atoms with Gasteiger partial charge in [-0.2, -0.15) is 0 Å². The largest absolute Gasteiger partial charge is 0.494 e. The zero-order valence-corrected chi connectivity index (χ0v) is 23.1. The summed E-state index contributed by atoms with van der Waals surface area (Å²) in [6.07, 6.45) is 13.6. The first-order valence-electron chi connectivity index (χ1n) is 14.2. The van der Waals surface area contributed by atoms with Crippen LogP contribution in [0.2, 0.25) is 0 Å². The minimum absolute atomic E-state index is 0.0215. The molecule has 0 fully saturated rings. The summed E-state index contributed by atoms with van der Waals surface area (Å²) in [7, 11) is 0. The second-order valence-corrected chi connectivity index (χ2v) is 9.97. The molecule has 0 N–H and O–H groups in total. The number of hydrogen-bond acceptors (Lipinski definition) is 4. The first kappa shape index (κ1) is 29.9. The van der Waals surface area contributed by atoms with Crippen molar-refractivity contribution in [1.82, 2.24) is 0 Å². The first-order chi connectivity index (χ1) is 17.5. The van der Waals surface area contributed by atoms with Gasteiger partial charge in [-0.3, -0.25) is 0 Å². The Balaban J connectivity index is 1.68. The molecule has 4 nitrogen and oxygen atoms in total. The number of rotatable bonds is 19. The van der Waals surface area contributed by atoms with Crippen LogP contribution in [0.25, 0.3) is 0 Å². The van der Waals surface area contributed by atoms with E-state index in [9.17, 15) is 4.79 Å². The van der Waals surface area contributed by atoms with Crippen molar-refractivity contribution in [2.75, 3.05) is 13.2 Å². The number of hydrogen-bond donors (Lipinski definition) is 0. The molecule has 2 rings (SSSR count). The van der Waals surface area contributed by atoms with Gasteiger partial charge in [0.1, 0.15) is 11.5 Å². The third-order valence-electron chi connectivity index (χ3n) is 6.82. The molecule has 0 aliphatic heterocycles. The number of carbonyl (C=O) groups excluding carboxylic acids is 1. The maximum absolute atomic E-state index is 12.5. The van der Waals surface area contributed by atoms with Gasteiger partial charge in [-0.1, -0.05) is 90.7 Å². The van der Waals surface area contributed by atoms with Crippen molar-refractivity contribution in [2.45, 2.75) is 104 Å².